The fourth-order valence-corrected chi connectivity index (χ4v) is 0.310. The molecule has 0 aromatic heterocycles. The Hall–Kier alpha value is -1.79. The lowest BCUT2D eigenvalue weighted by Gasteiger charge is -1.99. The van der Waals surface area contributed by atoms with Crippen LogP contribution in [0, 0.1) is 0 Å². The Labute approximate surface area is 61.7 Å². The number of imide groups is 1. The van der Waals surface area contributed by atoms with Crippen LogP contribution in [0.1, 0.15) is 0 Å². The Morgan fingerprint density at radius 1 is 1.27 bits per heavy atom. The van der Waals surface area contributed by atoms with Gasteiger partial charge >= 0.3 is 12.1 Å². The van der Waals surface area contributed by atoms with E-state index in [1.54, 1.807) is 5.32 Å². The van der Waals surface area contributed by atoms with Crippen LogP contribution in [-0.2, 0) is 9.53 Å². The zero-order valence-electron chi connectivity index (χ0n) is 5.49. The van der Waals surface area contributed by atoms with Crippen molar-refractivity contribution in [2.24, 2.45) is 11.5 Å². The van der Waals surface area contributed by atoms with E-state index in [0.717, 1.165) is 0 Å². The number of carbonyl (C=O) groups is 3. The first kappa shape index (κ1) is 9.21. The van der Waals surface area contributed by atoms with Crippen LogP contribution < -0.4 is 16.8 Å². The van der Waals surface area contributed by atoms with Crippen molar-refractivity contribution in [1.82, 2.24) is 5.32 Å². The predicted molar refractivity (Wildman–Crippen MR) is 33.3 cm³/mol. The third-order valence-corrected chi connectivity index (χ3v) is 0.608. The maximum absolute atomic E-state index is 10.4. The van der Waals surface area contributed by atoms with Crippen molar-refractivity contribution in [3.63, 3.8) is 0 Å². The summed E-state index contributed by atoms with van der Waals surface area (Å²) < 4.78 is 4.02. The van der Waals surface area contributed by atoms with Crippen LogP contribution in [0.15, 0.2) is 0 Å². The molecule has 0 unspecified atom stereocenters. The van der Waals surface area contributed by atoms with E-state index in [-0.39, 0.29) is 0 Å². The third-order valence-electron chi connectivity index (χ3n) is 0.608. The molecule has 62 valence electrons. The minimum absolute atomic E-state index is 0.613. The maximum atomic E-state index is 10.4. The van der Waals surface area contributed by atoms with Gasteiger partial charge in [0.2, 0.25) is 0 Å². The first-order valence-electron chi connectivity index (χ1n) is 2.54. The minimum Gasteiger partial charge on any atom is -0.440 e. The number of nitrogens with one attached hydrogen (secondary N) is 1. The van der Waals surface area contributed by atoms with Gasteiger partial charge in [0.05, 0.1) is 0 Å². The van der Waals surface area contributed by atoms with E-state index < -0.39 is 24.6 Å². The predicted octanol–water partition coefficient (Wildman–Crippen LogP) is -1.72. The number of urea groups is 1. The molecule has 0 fully saturated rings. The summed E-state index contributed by atoms with van der Waals surface area (Å²) in [4.78, 5) is 30.3. The number of hydrogen-bond donors (Lipinski definition) is 3. The van der Waals surface area contributed by atoms with Gasteiger partial charge in [-0.2, -0.15) is 0 Å². The van der Waals surface area contributed by atoms with Crippen LogP contribution in [0.4, 0.5) is 9.59 Å². The van der Waals surface area contributed by atoms with Gasteiger partial charge in [-0.15, -0.1) is 0 Å². The van der Waals surface area contributed by atoms with Crippen molar-refractivity contribution in [3.05, 3.63) is 0 Å². The molecule has 11 heavy (non-hydrogen) atoms. The number of nitrogens with two attached hydrogens (primary N) is 2. The Morgan fingerprint density at radius 3 is 2.18 bits per heavy atom. The van der Waals surface area contributed by atoms with Crippen LogP contribution in [-0.4, -0.2) is 24.6 Å². The average Bonchev–Trinajstić information content (AvgIpc) is 1.82. The minimum atomic E-state index is -1.09. The molecule has 4 amide bonds. The van der Waals surface area contributed by atoms with E-state index in [1.165, 1.54) is 0 Å². The second-order valence-corrected chi connectivity index (χ2v) is 1.52. The molecule has 0 aromatic carbocycles. The summed E-state index contributed by atoms with van der Waals surface area (Å²) in [7, 11) is 0. The molecule has 7 nitrogen and oxygen atoms in total. The van der Waals surface area contributed by atoms with Gasteiger partial charge in [-0.05, 0) is 0 Å². The van der Waals surface area contributed by atoms with Crippen molar-refractivity contribution in [1.29, 1.82) is 0 Å². The molecular weight excluding hydrogens is 154 g/mol. The second-order valence-electron chi connectivity index (χ2n) is 1.52. The van der Waals surface area contributed by atoms with Gasteiger partial charge in [-0.1, -0.05) is 0 Å². The van der Waals surface area contributed by atoms with Crippen molar-refractivity contribution in [2.45, 2.75) is 0 Å². The summed E-state index contributed by atoms with van der Waals surface area (Å²) >= 11 is 0. The lowest BCUT2D eigenvalue weighted by molar-refractivity contribution is -0.122. The molecule has 0 aliphatic rings. The van der Waals surface area contributed by atoms with Gasteiger partial charge in [0.1, 0.15) is 0 Å². The van der Waals surface area contributed by atoms with Crippen LogP contribution in [0.3, 0.4) is 0 Å². The number of rotatable bonds is 2. The SMILES string of the molecule is NC(=O)NC(=O)COC(N)=O. The number of hydrogen-bond acceptors (Lipinski definition) is 4. The number of amides is 4. The van der Waals surface area contributed by atoms with E-state index in [0.29, 0.717) is 0 Å². The molecule has 0 spiro atoms. The quantitative estimate of drug-likeness (QED) is 0.445. The van der Waals surface area contributed by atoms with Crippen molar-refractivity contribution in [3.8, 4) is 0 Å². The zero-order valence-corrected chi connectivity index (χ0v) is 5.49. The average molecular weight is 161 g/mol. The molecule has 7 heteroatoms. The molecule has 0 aliphatic carbocycles. The van der Waals surface area contributed by atoms with Gasteiger partial charge < -0.3 is 16.2 Å². The fourth-order valence-electron chi connectivity index (χ4n) is 0.310. The molecular formula is C4H7N3O4. The van der Waals surface area contributed by atoms with E-state index in [2.05, 4.69) is 16.2 Å². The van der Waals surface area contributed by atoms with Gasteiger partial charge in [0, 0.05) is 0 Å². The van der Waals surface area contributed by atoms with E-state index >= 15 is 0 Å². The van der Waals surface area contributed by atoms with Crippen LogP contribution in [0.2, 0.25) is 0 Å². The van der Waals surface area contributed by atoms with E-state index in [4.69, 9.17) is 0 Å². The highest BCUT2D eigenvalue weighted by Gasteiger charge is 2.05. The topological polar surface area (TPSA) is 125 Å². The highest BCUT2D eigenvalue weighted by molar-refractivity contribution is 5.94. The van der Waals surface area contributed by atoms with Gasteiger partial charge in [0.15, 0.2) is 6.61 Å². The summed E-state index contributed by atoms with van der Waals surface area (Å²) in [6.45, 7) is -0.613. The molecule has 0 saturated carbocycles. The normalized spacial score (nSPS) is 8.36. The smallest absolute Gasteiger partial charge is 0.405 e. The maximum Gasteiger partial charge on any atom is 0.405 e. The Morgan fingerprint density at radius 2 is 1.82 bits per heavy atom. The summed E-state index contributed by atoms with van der Waals surface area (Å²) in [6, 6.07) is -1.01. The number of carbonyl (C=O) groups excluding carboxylic acids is 3. The van der Waals surface area contributed by atoms with Gasteiger partial charge in [-0.3, -0.25) is 10.1 Å². The highest BCUT2D eigenvalue weighted by atomic mass is 16.5. The summed E-state index contributed by atoms with van der Waals surface area (Å²) in [6.07, 6.45) is -1.09. The molecule has 0 atom stereocenters. The molecule has 0 saturated heterocycles. The van der Waals surface area contributed by atoms with Gasteiger partial charge in [-0.25, -0.2) is 9.59 Å². The zero-order chi connectivity index (χ0) is 8.85. The molecule has 0 bridgehead atoms. The summed E-state index contributed by atoms with van der Waals surface area (Å²) in [5, 5.41) is 1.67. The second kappa shape index (κ2) is 4.09. The summed E-state index contributed by atoms with van der Waals surface area (Å²) in [5.41, 5.74) is 9.07. The van der Waals surface area contributed by atoms with E-state index in [9.17, 15) is 14.4 Å². The monoisotopic (exact) mass is 161 g/mol. The standard InChI is InChI=1S/C4H7N3O4/c5-3(9)7-2(8)1-11-4(6)10/h1H2,(H2,6,10)(H3,5,7,8,9). The van der Waals surface area contributed by atoms with Crippen LogP contribution >= 0.6 is 0 Å². The number of ether oxygens (including phenoxy) is 1. The molecule has 0 radical (unpaired) electrons. The Balaban J connectivity index is 3.53. The lowest BCUT2D eigenvalue weighted by atomic mass is 10.6. The molecule has 5 N–H and O–H groups in total. The summed E-state index contributed by atoms with van der Waals surface area (Å²) in [5.74, 6) is -0.823. The Kier molecular flexibility index (Phi) is 3.43. The van der Waals surface area contributed by atoms with Crippen molar-refractivity contribution >= 4 is 18.0 Å². The van der Waals surface area contributed by atoms with Crippen LogP contribution in [0.25, 0.3) is 0 Å². The first-order chi connectivity index (χ1) is 5.02. The molecule has 0 heterocycles. The van der Waals surface area contributed by atoms with E-state index in [1.807, 2.05) is 0 Å². The first-order valence-corrected chi connectivity index (χ1v) is 2.54. The fraction of sp³-hybridized carbons (Fsp3) is 0.250. The molecule has 0 aliphatic heterocycles. The van der Waals surface area contributed by atoms with Crippen molar-refractivity contribution < 1.29 is 19.1 Å². The molecule has 0 aromatic rings. The lowest BCUT2D eigenvalue weighted by Crippen LogP contribution is -2.38. The third kappa shape index (κ3) is 6.09. The number of primary amides is 2. The van der Waals surface area contributed by atoms with Crippen molar-refractivity contribution in [2.75, 3.05) is 6.61 Å². The Bertz CT molecular complexity index is 190. The van der Waals surface area contributed by atoms with Crippen LogP contribution in [0.5, 0.6) is 0 Å². The highest BCUT2D eigenvalue weighted by Crippen LogP contribution is 1.73. The largest absolute Gasteiger partial charge is 0.440 e. The van der Waals surface area contributed by atoms with Gasteiger partial charge in [0.25, 0.3) is 5.91 Å². The molecule has 0 rings (SSSR count).